The lowest BCUT2D eigenvalue weighted by Gasteiger charge is -2.30. The molecular formula is C25H39N7O15P2. The van der Waals surface area contributed by atoms with Crippen molar-refractivity contribution >= 4 is 50.4 Å². The number of carbonyl (C=O) groups excluding carboxylic acids is 3. The highest BCUT2D eigenvalue weighted by molar-refractivity contribution is 7.61. The minimum absolute atomic E-state index is 0.0361. The van der Waals surface area contributed by atoms with Gasteiger partial charge in [0.15, 0.2) is 17.7 Å². The van der Waals surface area contributed by atoms with E-state index in [0.29, 0.717) is 0 Å². The lowest BCUT2D eigenvalue weighted by molar-refractivity contribution is -0.138. The fraction of sp³-hybridized carbons (Fsp3) is 0.600. The van der Waals surface area contributed by atoms with E-state index < -0.39 is 82.7 Å². The van der Waals surface area contributed by atoms with Crippen molar-refractivity contribution in [3.63, 3.8) is 0 Å². The number of aliphatic hydroxyl groups is 3. The van der Waals surface area contributed by atoms with Crippen LogP contribution < -0.4 is 16.4 Å². The van der Waals surface area contributed by atoms with Crippen LogP contribution in [-0.2, 0) is 46.3 Å². The molecular weight excluding hydrogens is 700 g/mol. The minimum atomic E-state index is -5.38. The summed E-state index contributed by atoms with van der Waals surface area (Å²) < 4.78 is 50.3. The Morgan fingerprint density at radius 1 is 1.10 bits per heavy atom. The second-order valence-corrected chi connectivity index (χ2v) is 14.2. The van der Waals surface area contributed by atoms with Crippen LogP contribution in [0.1, 0.15) is 33.4 Å². The van der Waals surface area contributed by atoms with Gasteiger partial charge < -0.3 is 50.9 Å². The van der Waals surface area contributed by atoms with Gasteiger partial charge in [0.25, 0.3) is 0 Å². The molecule has 274 valence electrons. The number of anilines is 1. The number of amides is 2. The zero-order valence-electron chi connectivity index (χ0n) is 26.5. The van der Waals surface area contributed by atoms with Crippen LogP contribution in [0.2, 0.25) is 0 Å². The van der Waals surface area contributed by atoms with Crippen molar-refractivity contribution in [3.8, 4) is 0 Å². The average molecular weight is 740 g/mol. The van der Waals surface area contributed by atoms with Gasteiger partial charge >= 0.3 is 21.6 Å². The van der Waals surface area contributed by atoms with E-state index in [2.05, 4.69) is 29.9 Å². The number of ether oxygens (including phenoxy) is 2. The summed E-state index contributed by atoms with van der Waals surface area (Å²) in [6.45, 7) is 2.23. The molecule has 3 heterocycles. The summed E-state index contributed by atoms with van der Waals surface area (Å²) in [5.41, 5.74) is 4.54. The van der Waals surface area contributed by atoms with Gasteiger partial charge in [-0.1, -0.05) is 19.9 Å². The summed E-state index contributed by atoms with van der Waals surface area (Å²) >= 11 is 0. The molecule has 2 aromatic heterocycles. The second kappa shape index (κ2) is 17.0. The fourth-order valence-corrected chi connectivity index (χ4v) is 6.44. The highest BCUT2D eigenvalue weighted by Gasteiger charge is 2.46. The summed E-state index contributed by atoms with van der Waals surface area (Å²) in [4.78, 5) is 67.5. The number of hydrogen-bond acceptors (Lipinski definition) is 17. The third-order valence-electron chi connectivity index (χ3n) is 6.82. The van der Waals surface area contributed by atoms with E-state index in [1.165, 1.54) is 36.9 Å². The van der Waals surface area contributed by atoms with Crippen LogP contribution in [0.5, 0.6) is 0 Å². The maximum absolute atomic E-state index is 12.5. The highest BCUT2D eigenvalue weighted by atomic mass is 31.3. The molecule has 9 N–H and O–H groups in total. The molecule has 0 radical (unpaired) electrons. The minimum Gasteiger partial charge on any atom is -0.461 e. The van der Waals surface area contributed by atoms with Gasteiger partial charge in [-0.2, -0.15) is 4.31 Å². The van der Waals surface area contributed by atoms with Crippen LogP contribution >= 0.6 is 15.6 Å². The number of nitrogens with zero attached hydrogens (tertiary/aromatic N) is 4. The molecule has 24 heteroatoms. The lowest BCUT2D eigenvalue weighted by atomic mass is 9.87. The van der Waals surface area contributed by atoms with E-state index in [1.807, 2.05) is 0 Å². The Morgan fingerprint density at radius 3 is 2.49 bits per heavy atom. The van der Waals surface area contributed by atoms with Crippen LogP contribution in [0.4, 0.5) is 5.82 Å². The summed E-state index contributed by atoms with van der Waals surface area (Å²) in [5, 5.41) is 36.2. The Balaban J connectivity index is 1.43. The Kier molecular flexibility index (Phi) is 13.9. The number of hydrogen-bond donors (Lipinski definition) is 8. The van der Waals surface area contributed by atoms with Gasteiger partial charge in [0, 0.05) is 24.5 Å². The van der Waals surface area contributed by atoms with Gasteiger partial charge in [0.1, 0.15) is 42.9 Å². The van der Waals surface area contributed by atoms with Crippen molar-refractivity contribution in [2.24, 2.45) is 5.41 Å². The monoisotopic (exact) mass is 739 g/mol. The number of phosphoric ester groups is 2. The number of aliphatic hydroxyl groups excluding tert-OH is 3. The van der Waals surface area contributed by atoms with Gasteiger partial charge in [-0.25, -0.2) is 28.9 Å². The van der Waals surface area contributed by atoms with E-state index in [4.69, 9.17) is 24.3 Å². The molecule has 1 aliphatic rings. The third kappa shape index (κ3) is 11.3. The molecule has 1 saturated heterocycles. The highest BCUT2D eigenvalue weighted by Crippen LogP contribution is 2.61. The first kappa shape index (κ1) is 40.0. The van der Waals surface area contributed by atoms with Crippen molar-refractivity contribution < 1.29 is 71.5 Å². The number of nitrogens with two attached hydrogens (primary N) is 1. The van der Waals surface area contributed by atoms with Crippen molar-refractivity contribution in [3.05, 3.63) is 24.8 Å². The van der Waals surface area contributed by atoms with Crippen molar-refractivity contribution in [1.82, 2.24) is 30.2 Å². The molecule has 0 spiro atoms. The Bertz CT molecular complexity index is 1610. The number of nitrogens with one attached hydrogen (secondary N) is 2. The number of carbonyl (C=O) groups is 3. The Morgan fingerprint density at radius 2 is 1.80 bits per heavy atom. The number of nitrogen functional groups attached to an aromatic ring is 1. The summed E-state index contributed by atoms with van der Waals surface area (Å²) in [5.74, 6) is -1.96. The Hall–Kier alpha value is -3.40. The smallest absolute Gasteiger partial charge is 0.461 e. The van der Waals surface area contributed by atoms with Crippen molar-refractivity contribution in [1.29, 1.82) is 0 Å². The number of esters is 1. The lowest BCUT2D eigenvalue weighted by Crippen LogP contribution is -2.46. The zero-order chi connectivity index (χ0) is 36.6. The standard InChI is InChI=1S/C25H39N7O15P2/c1-4-5-16(34)43-9-8-27-15(33)6-7-28-23(38)20(37)25(2,3)11-45-49(41,42)47-48(39,40)44-10-14-18(35)19(36)24(46-14)32-13-31-17-21(26)29-12-30-22(17)32/h4-5,12-14,18-20,24,35-37H,6-11H2,1-3H3,(H,27,33)(H,28,38)(H,39,40)(H,41,42)(H2,26,29,30)/b5-4+/t14-,18-,19-,20+,24-/m1/s1. The van der Waals surface area contributed by atoms with E-state index in [0.717, 1.165) is 6.33 Å². The number of imidazole rings is 1. The van der Waals surface area contributed by atoms with E-state index >= 15 is 0 Å². The van der Waals surface area contributed by atoms with Crippen LogP contribution in [0.3, 0.4) is 0 Å². The maximum atomic E-state index is 12.5. The van der Waals surface area contributed by atoms with Crippen molar-refractivity contribution in [2.75, 3.05) is 38.6 Å². The molecule has 49 heavy (non-hydrogen) atoms. The number of allylic oxidation sites excluding steroid dienone is 1. The number of fused-ring (bicyclic) bond motifs is 1. The summed E-state index contributed by atoms with van der Waals surface area (Å²) in [6.07, 6.45) is -2.94. The molecule has 3 rings (SSSR count). The molecule has 7 atom stereocenters. The molecule has 2 amide bonds. The number of phosphoric acid groups is 2. The van der Waals surface area contributed by atoms with Crippen molar-refractivity contribution in [2.45, 2.75) is 57.8 Å². The summed E-state index contributed by atoms with van der Waals surface area (Å²) in [6, 6.07) is 0. The largest absolute Gasteiger partial charge is 0.481 e. The second-order valence-electron chi connectivity index (χ2n) is 11.2. The molecule has 1 fully saturated rings. The first-order valence-electron chi connectivity index (χ1n) is 14.5. The SMILES string of the molecule is C/C=C/C(=O)OCCNC(=O)CCNC(=O)[C@H](O)C(C)(C)COP(=O)(O)OP(=O)(O)OC[C@H]1O[C@@H](n2cnc3c(N)ncnc32)[C@H](O)[C@@H]1O. The van der Waals surface area contributed by atoms with Crippen LogP contribution in [0.25, 0.3) is 11.2 Å². The van der Waals surface area contributed by atoms with E-state index in [9.17, 15) is 48.6 Å². The molecule has 22 nitrogen and oxygen atoms in total. The van der Waals surface area contributed by atoms with Crippen LogP contribution in [0.15, 0.2) is 24.8 Å². The molecule has 2 unspecified atom stereocenters. The van der Waals surface area contributed by atoms with Gasteiger partial charge in [-0.05, 0) is 6.92 Å². The molecule has 2 aromatic rings. The quantitative estimate of drug-likeness (QED) is 0.0369. The van der Waals surface area contributed by atoms with Gasteiger partial charge in [-0.15, -0.1) is 0 Å². The van der Waals surface area contributed by atoms with E-state index in [1.54, 1.807) is 6.92 Å². The first-order chi connectivity index (χ1) is 22.9. The predicted molar refractivity (Wildman–Crippen MR) is 164 cm³/mol. The zero-order valence-corrected chi connectivity index (χ0v) is 28.3. The van der Waals surface area contributed by atoms with Gasteiger partial charge in [0.05, 0.1) is 26.1 Å². The van der Waals surface area contributed by atoms with Gasteiger partial charge in [-0.3, -0.25) is 23.2 Å². The molecule has 0 aromatic carbocycles. The van der Waals surface area contributed by atoms with E-state index in [-0.39, 0.29) is 43.1 Å². The molecule has 0 saturated carbocycles. The predicted octanol–water partition coefficient (Wildman–Crippen LogP) is -1.59. The maximum Gasteiger partial charge on any atom is 0.481 e. The van der Waals surface area contributed by atoms with Crippen LogP contribution in [-0.4, -0.2) is 120 Å². The number of rotatable bonds is 18. The Labute approximate surface area is 278 Å². The fourth-order valence-electron chi connectivity index (χ4n) is 4.19. The normalized spacial score (nSPS) is 22.8. The first-order valence-corrected chi connectivity index (χ1v) is 17.5. The molecule has 1 aliphatic heterocycles. The van der Waals surface area contributed by atoms with Gasteiger partial charge in [0.2, 0.25) is 11.8 Å². The summed E-state index contributed by atoms with van der Waals surface area (Å²) in [7, 11) is -10.8. The van der Waals surface area contributed by atoms with Crippen LogP contribution in [0, 0.1) is 5.41 Å². The molecule has 0 bridgehead atoms. The number of aromatic nitrogens is 4. The topological polar surface area (TPSA) is 326 Å². The third-order valence-corrected chi connectivity index (χ3v) is 9.40. The molecule has 0 aliphatic carbocycles. The average Bonchev–Trinajstić information content (AvgIpc) is 3.57.